The molecule has 0 bridgehead atoms. The molecular weight excluding hydrogens is 260 g/mol. The van der Waals surface area contributed by atoms with Crippen LogP contribution in [-0.4, -0.2) is 47.6 Å². The molecule has 1 fully saturated rings. The van der Waals surface area contributed by atoms with Gasteiger partial charge >= 0.3 is 0 Å². The second-order valence-corrected chi connectivity index (χ2v) is 5.90. The van der Waals surface area contributed by atoms with E-state index in [1.165, 1.54) is 23.7 Å². The van der Waals surface area contributed by atoms with Crippen molar-refractivity contribution in [3.05, 3.63) is 42.0 Å². The molecular formula is C18H24N2O. The van der Waals surface area contributed by atoms with Crippen molar-refractivity contribution in [2.45, 2.75) is 19.9 Å². The molecule has 0 aromatic heterocycles. The van der Waals surface area contributed by atoms with Crippen molar-refractivity contribution in [2.24, 2.45) is 0 Å². The zero-order valence-electron chi connectivity index (χ0n) is 12.8. The van der Waals surface area contributed by atoms with Crippen molar-refractivity contribution in [1.82, 2.24) is 9.80 Å². The van der Waals surface area contributed by atoms with E-state index in [2.05, 4.69) is 28.9 Å². The number of aromatic hydroxyl groups is 1. The lowest BCUT2D eigenvalue weighted by atomic mass is 10.0. The van der Waals surface area contributed by atoms with Crippen molar-refractivity contribution in [3.8, 4) is 5.75 Å². The summed E-state index contributed by atoms with van der Waals surface area (Å²) in [4.78, 5) is 4.98. The standard InChI is InChI=1S/C18H24N2O/c1-2-9-19-10-12-20(13-11-19)14-17-16-6-4-3-5-15(16)7-8-18(17)21/h3-8,21H,2,9-14H2,1H3. The van der Waals surface area contributed by atoms with Gasteiger partial charge in [-0.15, -0.1) is 0 Å². The van der Waals surface area contributed by atoms with E-state index in [4.69, 9.17) is 0 Å². The number of phenols is 1. The van der Waals surface area contributed by atoms with Gasteiger partial charge in [0.25, 0.3) is 0 Å². The summed E-state index contributed by atoms with van der Waals surface area (Å²) < 4.78 is 0. The minimum absolute atomic E-state index is 0.421. The third-order valence-corrected chi connectivity index (χ3v) is 4.40. The molecule has 0 spiro atoms. The molecule has 3 nitrogen and oxygen atoms in total. The topological polar surface area (TPSA) is 26.7 Å². The van der Waals surface area contributed by atoms with Gasteiger partial charge in [-0.1, -0.05) is 37.3 Å². The van der Waals surface area contributed by atoms with Gasteiger partial charge in [-0.25, -0.2) is 0 Å². The molecule has 1 heterocycles. The summed E-state index contributed by atoms with van der Waals surface area (Å²) in [5, 5.41) is 12.6. The van der Waals surface area contributed by atoms with Crippen LogP contribution in [0.1, 0.15) is 18.9 Å². The fourth-order valence-electron chi connectivity index (χ4n) is 3.20. The second-order valence-electron chi connectivity index (χ2n) is 5.90. The number of piperazine rings is 1. The van der Waals surface area contributed by atoms with Crippen molar-refractivity contribution >= 4 is 10.8 Å². The lowest BCUT2D eigenvalue weighted by Gasteiger charge is -2.34. The molecule has 3 heteroatoms. The molecule has 0 atom stereocenters. The SMILES string of the molecule is CCCN1CCN(Cc2c(O)ccc3ccccc23)CC1. The Kier molecular flexibility index (Phi) is 4.42. The molecule has 1 aliphatic heterocycles. The molecule has 1 aliphatic rings. The van der Waals surface area contributed by atoms with E-state index < -0.39 is 0 Å². The van der Waals surface area contributed by atoms with Gasteiger partial charge in [-0.2, -0.15) is 0 Å². The largest absolute Gasteiger partial charge is 0.508 e. The van der Waals surface area contributed by atoms with E-state index in [9.17, 15) is 5.11 Å². The molecule has 2 aromatic carbocycles. The van der Waals surface area contributed by atoms with Gasteiger partial charge < -0.3 is 10.0 Å². The molecule has 0 aliphatic carbocycles. The maximum atomic E-state index is 10.2. The van der Waals surface area contributed by atoms with Crippen LogP contribution >= 0.6 is 0 Å². The maximum Gasteiger partial charge on any atom is 0.120 e. The highest BCUT2D eigenvalue weighted by atomic mass is 16.3. The zero-order valence-corrected chi connectivity index (χ0v) is 12.8. The van der Waals surface area contributed by atoms with Crippen LogP contribution in [-0.2, 0) is 6.54 Å². The van der Waals surface area contributed by atoms with Crippen LogP contribution in [0.5, 0.6) is 5.75 Å². The van der Waals surface area contributed by atoms with Crippen LogP contribution in [0.25, 0.3) is 10.8 Å². The van der Waals surface area contributed by atoms with Crippen molar-refractivity contribution < 1.29 is 5.11 Å². The maximum absolute atomic E-state index is 10.2. The van der Waals surface area contributed by atoms with E-state index >= 15 is 0 Å². The Morgan fingerprint density at radius 3 is 2.43 bits per heavy atom. The average Bonchev–Trinajstić information content (AvgIpc) is 2.52. The minimum Gasteiger partial charge on any atom is -0.508 e. The fourth-order valence-corrected chi connectivity index (χ4v) is 3.20. The van der Waals surface area contributed by atoms with E-state index in [1.807, 2.05) is 24.3 Å². The summed E-state index contributed by atoms with van der Waals surface area (Å²) in [5.41, 5.74) is 1.07. The molecule has 1 saturated heterocycles. The van der Waals surface area contributed by atoms with Crippen LogP contribution in [0.2, 0.25) is 0 Å². The molecule has 1 N–H and O–H groups in total. The number of hydrogen-bond acceptors (Lipinski definition) is 3. The van der Waals surface area contributed by atoms with E-state index in [1.54, 1.807) is 0 Å². The quantitative estimate of drug-likeness (QED) is 0.934. The summed E-state index contributed by atoms with van der Waals surface area (Å²) in [6.45, 7) is 8.73. The predicted octanol–water partition coefficient (Wildman–Crippen LogP) is 3.07. The first-order chi connectivity index (χ1) is 10.3. The summed E-state index contributed by atoms with van der Waals surface area (Å²) in [6, 6.07) is 12.1. The summed E-state index contributed by atoms with van der Waals surface area (Å²) in [5.74, 6) is 0.421. The Hall–Kier alpha value is -1.58. The number of benzene rings is 2. The van der Waals surface area contributed by atoms with Crippen molar-refractivity contribution in [3.63, 3.8) is 0 Å². The number of phenolic OH excluding ortho intramolecular Hbond substituents is 1. The summed E-state index contributed by atoms with van der Waals surface area (Å²) >= 11 is 0. The third kappa shape index (κ3) is 3.20. The smallest absolute Gasteiger partial charge is 0.120 e. The monoisotopic (exact) mass is 284 g/mol. The van der Waals surface area contributed by atoms with Crippen LogP contribution in [0.15, 0.2) is 36.4 Å². The lowest BCUT2D eigenvalue weighted by molar-refractivity contribution is 0.127. The second kappa shape index (κ2) is 6.46. The van der Waals surface area contributed by atoms with Gasteiger partial charge in [0.1, 0.15) is 5.75 Å². The molecule has 0 amide bonds. The lowest BCUT2D eigenvalue weighted by Crippen LogP contribution is -2.46. The normalized spacial score (nSPS) is 17.4. The van der Waals surface area contributed by atoms with Gasteiger partial charge in [-0.05, 0) is 29.8 Å². The number of rotatable bonds is 4. The molecule has 112 valence electrons. The molecule has 2 aromatic rings. The van der Waals surface area contributed by atoms with Crippen LogP contribution in [0.4, 0.5) is 0 Å². The summed E-state index contributed by atoms with van der Waals surface area (Å²) in [6.07, 6.45) is 1.23. The van der Waals surface area contributed by atoms with Crippen LogP contribution < -0.4 is 0 Å². The average molecular weight is 284 g/mol. The third-order valence-electron chi connectivity index (χ3n) is 4.40. The number of nitrogens with zero attached hydrogens (tertiary/aromatic N) is 2. The highest BCUT2D eigenvalue weighted by molar-refractivity contribution is 5.87. The molecule has 3 rings (SSSR count). The van der Waals surface area contributed by atoms with E-state index in [0.29, 0.717) is 5.75 Å². The predicted molar refractivity (Wildman–Crippen MR) is 87.6 cm³/mol. The van der Waals surface area contributed by atoms with Gasteiger partial charge in [-0.3, -0.25) is 4.90 Å². The van der Waals surface area contributed by atoms with Gasteiger partial charge in [0, 0.05) is 38.3 Å². The Bertz CT molecular complexity index is 603. The van der Waals surface area contributed by atoms with E-state index in [-0.39, 0.29) is 0 Å². The molecule has 0 unspecified atom stereocenters. The molecule has 0 radical (unpaired) electrons. The molecule has 0 saturated carbocycles. The number of fused-ring (bicyclic) bond motifs is 1. The molecule has 21 heavy (non-hydrogen) atoms. The van der Waals surface area contributed by atoms with Crippen LogP contribution in [0.3, 0.4) is 0 Å². The van der Waals surface area contributed by atoms with Gasteiger partial charge in [0.05, 0.1) is 0 Å². The van der Waals surface area contributed by atoms with Crippen molar-refractivity contribution in [2.75, 3.05) is 32.7 Å². The minimum atomic E-state index is 0.421. The highest BCUT2D eigenvalue weighted by Crippen LogP contribution is 2.28. The van der Waals surface area contributed by atoms with Crippen molar-refractivity contribution in [1.29, 1.82) is 0 Å². The Morgan fingerprint density at radius 2 is 1.67 bits per heavy atom. The Labute approximate surface area is 126 Å². The zero-order chi connectivity index (χ0) is 14.7. The Balaban J connectivity index is 1.75. The van der Waals surface area contributed by atoms with Crippen LogP contribution in [0, 0.1) is 0 Å². The first kappa shape index (κ1) is 14.4. The fraction of sp³-hybridized carbons (Fsp3) is 0.444. The Morgan fingerprint density at radius 1 is 0.952 bits per heavy atom. The van der Waals surface area contributed by atoms with E-state index in [0.717, 1.165) is 38.3 Å². The van der Waals surface area contributed by atoms with Gasteiger partial charge in [0.15, 0.2) is 0 Å². The first-order valence-electron chi connectivity index (χ1n) is 7.92. The summed E-state index contributed by atoms with van der Waals surface area (Å²) in [7, 11) is 0. The first-order valence-corrected chi connectivity index (χ1v) is 7.92. The highest BCUT2D eigenvalue weighted by Gasteiger charge is 2.18. The number of hydrogen-bond donors (Lipinski definition) is 1. The van der Waals surface area contributed by atoms with Gasteiger partial charge in [0.2, 0.25) is 0 Å².